The van der Waals surface area contributed by atoms with Gasteiger partial charge in [0.05, 0.1) is 30.8 Å². The molecule has 0 unspecified atom stereocenters. The van der Waals surface area contributed by atoms with E-state index in [1.165, 1.54) is 11.6 Å². The third-order valence-electron chi connectivity index (χ3n) is 6.52. The van der Waals surface area contributed by atoms with Crippen LogP contribution in [0.3, 0.4) is 0 Å². The summed E-state index contributed by atoms with van der Waals surface area (Å²) in [5, 5.41) is 5.37. The van der Waals surface area contributed by atoms with Crippen molar-refractivity contribution in [1.29, 1.82) is 0 Å². The molecule has 34 heavy (non-hydrogen) atoms. The number of methoxy groups -OCH3 is 1. The smallest absolute Gasteiger partial charge is 0.336 e. The van der Waals surface area contributed by atoms with Crippen LogP contribution in [0, 0.1) is 0 Å². The summed E-state index contributed by atoms with van der Waals surface area (Å²) in [5.74, 6) is 1.61. The summed E-state index contributed by atoms with van der Waals surface area (Å²) in [6.07, 6.45) is 4.85. The maximum absolute atomic E-state index is 11.6. The predicted octanol–water partition coefficient (Wildman–Crippen LogP) is 4.57. The first-order chi connectivity index (χ1) is 16.7. The number of nitrogens with zero attached hydrogens (tertiary/aromatic N) is 1. The molecule has 0 saturated carbocycles. The van der Waals surface area contributed by atoms with Crippen LogP contribution in [0.15, 0.2) is 68.4 Å². The average Bonchev–Trinajstić information content (AvgIpc) is 3.34. The average molecular weight is 463 g/mol. The van der Waals surface area contributed by atoms with E-state index in [4.69, 9.17) is 18.3 Å². The van der Waals surface area contributed by atoms with Crippen molar-refractivity contribution < 1.29 is 18.3 Å². The predicted molar refractivity (Wildman–Crippen MR) is 132 cm³/mol. The molecule has 1 aliphatic rings. The van der Waals surface area contributed by atoms with Crippen molar-refractivity contribution in [3.05, 3.63) is 70.8 Å². The first-order valence-corrected chi connectivity index (χ1v) is 11.8. The molecule has 1 saturated heterocycles. The number of nitrogens with one attached hydrogen (secondary N) is 1. The zero-order valence-corrected chi connectivity index (χ0v) is 19.4. The van der Waals surface area contributed by atoms with E-state index in [0.717, 1.165) is 62.0 Å². The highest BCUT2D eigenvalue weighted by molar-refractivity contribution is 6.01. The molecule has 1 N–H and O–H groups in total. The van der Waals surface area contributed by atoms with Gasteiger partial charge in [-0.15, -0.1) is 0 Å². The van der Waals surface area contributed by atoms with Gasteiger partial charge in [0.15, 0.2) is 0 Å². The molecule has 5 rings (SSSR count). The van der Waals surface area contributed by atoms with Gasteiger partial charge in [-0.3, -0.25) is 0 Å². The van der Waals surface area contributed by atoms with Crippen LogP contribution in [-0.2, 0) is 6.54 Å². The van der Waals surface area contributed by atoms with Crippen molar-refractivity contribution in [3.63, 3.8) is 0 Å². The molecule has 2 aromatic heterocycles. The Morgan fingerprint density at radius 3 is 2.62 bits per heavy atom. The summed E-state index contributed by atoms with van der Waals surface area (Å²) < 4.78 is 22.3. The maximum atomic E-state index is 11.6. The first kappa shape index (κ1) is 22.5. The highest BCUT2D eigenvalue weighted by atomic mass is 16.5. The molecule has 7 nitrogen and oxygen atoms in total. The minimum atomic E-state index is -0.383. The number of hydrogen-bond donors (Lipinski definition) is 1. The van der Waals surface area contributed by atoms with E-state index < -0.39 is 0 Å². The van der Waals surface area contributed by atoms with E-state index in [9.17, 15) is 4.79 Å². The lowest BCUT2D eigenvalue weighted by molar-refractivity contribution is 0.182. The SMILES string of the molecule is COc1ccc(CNC2CCN(CCCOc3c4ccoc4cc4oc(=O)ccc34)CC2)cc1. The van der Waals surface area contributed by atoms with Crippen LogP contribution in [0.4, 0.5) is 0 Å². The highest BCUT2D eigenvalue weighted by Gasteiger charge is 2.19. The molecule has 2 aromatic carbocycles. The summed E-state index contributed by atoms with van der Waals surface area (Å²) in [6, 6.07) is 15.6. The molecule has 0 amide bonds. The Morgan fingerprint density at radius 2 is 1.82 bits per heavy atom. The standard InChI is InChI=1S/C27H30N2O5/c1-31-21-5-3-19(4-6-21)18-28-20-9-13-29(14-10-20)12-2-15-33-27-22-7-8-26(30)34-25(22)17-24-23(27)11-16-32-24/h3-8,11,16-17,20,28H,2,9-10,12-15,18H2,1H3. The number of piperidine rings is 1. The van der Waals surface area contributed by atoms with Crippen molar-refractivity contribution >= 4 is 21.9 Å². The molecule has 0 bridgehead atoms. The van der Waals surface area contributed by atoms with Gasteiger partial charge >= 0.3 is 5.63 Å². The molecule has 4 aromatic rings. The van der Waals surface area contributed by atoms with E-state index in [1.807, 2.05) is 18.2 Å². The van der Waals surface area contributed by atoms with Crippen LogP contribution >= 0.6 is 0 Å². The van der Waals surface area contributed by atoms with Crippen molar-refractivity contribution in [3.8, 4) is 11.5 Å². The number of fused-ring (bicyclic) bond motifs is 2. The normalized spacial score (nSPS) is 15.2. The molecule has 7 heteroatoms. The number of likely N-dealkylation sites (tertiary alicyclic amines) is 1. The Morgan fingerprint density at radius 1 is 1.03 bits per heavy atom. The minimum Gasteiger partial charge on any atom is -0.497 e. The molecule has 3 heterocycles. The lowest BCUT2D eigenvalue weighted by Crippen LogP contribution is -2.42. The Balaban J connectivity index is 1.08. The van der Waals surface area contributed by atoms with Gasteiger partial charge in [0.2, 0.25) is 0 Å². The fourth-order valence-electron chi connectivity index (χ4n) is 4.59. The molecule has 0 radical (unpaired) electrons. The maximum Gasteiger partial charge on any atom is 0.336 e. The Bertz CT molecular complexity index is 1290. The van der Waals surface area contributed by atoms with Crippen LogP contribution < -0.4 is 20.4 Å². The summed E-state index contributed by atoms with van der Waals surface area (Å²) >= 11 is 0. The third kappa shape index (κ3) is 5.11. The van der Waals surface area contributed by atoms with E-state index >= 15 is 0 Å². The Kier molecular flexibility index (Phi) is 6.83. The van der Waals surface area contributed by atoms with E-state index in [-0.39, 0.29) is 5.63 Å². The van der Waals surface area contributed by atoms with Crippen molar-refractivity contribution in [2.75, 3.05) is 33.4 Å². The van der Waals surface area contributed by atoms with Gasteiger partial charge in [-0.1, -0.05) is 12.1 Å². The summed E-state index contributed by atoms with van der Waals surface area (Å²) in [5.41, 5.74) is 2.03. The molecule has 0 aliphatic carbocycles. The van der Waals surface area contributed by atoms with Crippen LogP contribution in [-0.4, -0.2) is 44.3 Å². The lowest BCUT2D eigenvalue weighted by atomic mass is 10.0. The first-order valence-electron chi connectivity index (χ1n) is 11.8. The molecular weight excluding hydrogens is 432 g/mol. The number of hydrogen-bond acceptors (Lipinski definition) is 7. The second kappa shape index (κ2) is 10.3. The summed E-state index contributed by atoms with van der Waals surface area (Å²) in [4.78, 5) is 14.1. The fourth-order valence-corrected chi connectivity index (χ4v) is 4.59. The number of benzene rings is 2. The van der Waals surface area contributed by atoms with Crippen LogP contribution in [0.25, 0.3) is 21.9 Å². The Labute approximate surface area is 198 Å². The molecule has 178 valence electrons. The van der Waals surface area contributed by atoms with Gasteiger partial charge in [0, 0.05) is 31.3 Å². The quantitative estimate of drug-likeness (QED) is 0.288. The largest absolute Gasteiger partial charge is 0.497 e. The second-order valence-electron chi connectivity index (χ2n) is 8.75. The van der Waals surface area contributed by atoms with E-state index in [2.05, 4.69) is 22.3 Å². The molecule has 1 fully saturated rings. The van der Waals surface area contributed by atoms with Gasteiger partial charge in [-0.2, -0.15) is 0 Å². The second-order valence-corrected chi connectivity index (χ2v) is 8.75. The summed E-state index contributed by atoms with van der Waals surface area (Å²) in [7, 11) is 1.69. The number of rotatable bonds is 9. The van der Waals surface area contributed by atoms with Gasteiger partial charge < -0.3 is 28.5 Å². The molecule has 0 atom stereocenters. The minimum absolute atomic E-state index is 0.383. The monoisotopic (exact) mass is 462 g/mol. The Hall–Kier alpha value is -3.29. The van der Waals surface area contributed by atoms with Crippen molar-refractivity contribution in [2.24, 2.45) is 0 Å². The van der Waals surface area contributed by atoms with E-state index in [0.29, 0.717) is 29.6 Å². The number of ether oxygens (including phenoxy) is 2. The molecular formula is C27H30N2O5. The third-order valence-corrected chi connectivity index (χ3v) is 6.52. The van der Waals surface area contributed by atoms with Crippen LogP contribution in [0.1, 0.15) is 24.8 Å². The van der Waals surface area contributed by atoms with Gasteiger partial charge in [-0.05, 0) is 62.2 Å². The zero-order valence-electron chi connectivity index (χ0n) is 19.4. The van der Waals surface area contributed by atoms with Gasteiger partial charge in [0.25, 0.3) is 0 Å². The van der Waals surface area contributed by atoms with Crippen LogP contribution in [0.5, 0.6) is 11.5 Å². The topological polar surface area (TPSA) is 77.1 Å². The summed E-state index contributed by atoms with van der Waals surface area (Å²) in [6.45, 7) is 4.65. The van der Waals surface area contributed by atoms with Crippen molar-refractivity contribution in [1.82, 2.24) is 10.2 Å². The van der Waals surface area contributed by atoms with Crippen molar-refractivity contribution in [2.45, 2.75) is 31.8 Å². The molecule has 1 aliphatic heterocycles. The lowest BCUT2D eigenvalue weighted by Gasteiger charge is -2.32. The highest BCUT2D eigenvalue weighted by Crippen LogP contribution is 2.35. The fraction of sp³-hybridized carbons (Fsp3) is 0.370. The van der Waals surface area contributed by atoms with E-state index in [1.54, 1.807) is 25.5 Å². The van der Waals surface area contributed by atoms with Crippen LogP contribution in [0.2, 0.25) is 0 Å². The van der Waals surface area contributed by atoms with Gasteiger partial charge in [0.1, 0.15) is 22.7 Å². The zero-order chi connectivity index (χ0) is 23.3. The van der Waals surface area contributed by atoms with Gasteiger partial charge in [-0.25, -0.2) is 4.79 Å². The number of furan rings is 1. The molecule has 0 spiro atoms.